The molecule has 0 bridgehead atoms. The molecular weight excluding hydrogens is 379 g/mol. The number of sulfone groups is 1. The molecule has 1 aromatic carbocycles. The van der Waals surface area contributed by atoms with Crippen molar-refractivity contribution in [2.75, 3.05) is 5.75 Å². The highest BCUT2D eigenvalue weighted by molar-refractivity contribution is 9.28. The van der Waals surface area contributed by atoms with Crippen molar-refractivity contribution in [2.45, 2.75) is 9.49 Å². The number of alkyl halides is 2. The minimum absolute atomic E-state index is 0.246. The first-order valence-electron chi connectivity index (χ1n) is 4.63. The fourth-order valence-corrected chi connectivity index (χ4v) is 3.68. The van der Waals surface area contributed by atoms with Crippen LogP contribution in [0.5, 0.6) is 0 Å². The molecule has 0 N–H and O–H groups in total. The fraction of sp³-hybridized carbons (Fsp3) is 0.300. The predicted molar refractivity (Wildman–Crippen MR) is 70.8 cm³/mol. The summed E-state index contributed by atoms with van der Waals surface area (Å²) in [7, 11) is -3.74. The van der Waals surface area contributed by atoms with Crippen LogP contribution in [-0.4, -0.2) is 22.5 Å². The predicted octanol–water partition coefficient (Wildman–Crippen LogP) is 2.89. The highest BCUT2D eigenvalue weighted by Gasteiger charge is 2.46. The first-order chi connectivity index (χ1) is 7.74. The van der Waals surface area contributed by atoms with Crippen LogP contribution in [0.2, 0.25) is 0 Å². The van der Waals surface area contributed by atoms with Crippen molar-refractivity contribution in [2.24, 2.45) is 0 Å². The maximum absolute atomic E-state index is 13.4. The molecule has 0 heterocycles. The van der Waals surface area contributed by atoms with Gasteiger partial charge in [0.15, 0.2) is 9.84 Å². The molecule has 1 rings (SSSR count). The van der Waals surface area contributed by atoms with Crippen LogP contribution in [0, 0.1) is 5.82 Å². The van der Waals surface area contributed by atoms with Gasteiger partial charge in [0.25, 0.3) is 0 Å². The lowest BCUT2D eigenvalue weighted by Gasteiger charge is -2.18. The van der Waals surface area contributed by atoms with Crippen molar-refractivity contribution in [3.8, 4) is 0 Å². The van der Waals surface area contributed by atoms with Crippen molar-refractivity contribution >= 4 is 47.5 Å². The Morgan fingerprint density at radius 1 is 1.35 bits per heavy atom. The third-order valence-electron chi connectivity index (χ3n) is 2.15. The molecular formula is C10H9Br2FO3S. The highest BCUT2D eigenvalue weighted by atomic mass is 79.9. The number of carbonyl (C=O) groups is 1. The number of ketones is 1. The van der Waals surface area contributed by atoms with E-state index in [9.17, 15) is 17.6 Å². The summed E-state index contributed by atoms with van der Waals surface area (Å²) >= 11 is 5.63. The summed E-state index contributed by atoms with van der Waals surface area (Å²) in [6.45, 7) is 1.40. The summed E-state index contributed by atoms with van der Waals surface area (Å²) in [5.74, 6) is -1.88. The van der Waals surface area contributed by atoms with Crippen LogP contribution in [0.3, 0.4) is 0 Å². The Bertz CT molecular complexity index is 540. The molecule has 0 saturated heterocycles. The maximum atomic E-state index is 13.4. The molecule has 0 aliphatic rings. The van der Waals surface area contributed by atoms with Gasteiger partial charge in [-0.05, 0) is 44.0 Å². The second-order valence-corrected chi connectivity index (χ2v) is 10.1. The molecule has 0 aliphatic heterocycles. The summed E-state index contributed by atoms with van der Waals surface area (Å²) < 4.78 is 34.8. The van der Waals surface area contributed by atoms with Gasteiger partial charge in [0, 0.05) is 0 Å². The zero-order valence-corrected chi connectivity index (χ0v) is 12.8. The van der Waals surface area contributed by atoms with Gasteiger partial charge in [-0.15, -0.1) is 0 Å². The standard InChI is InChI=1S/C10H9Br2FO3S/c1-2-17(15,16)10(11,12)9(14)7-5-3-4-6-8(7)13/h3-6H,2H2,1H3. The second-order valence-electron chi connectivity index (χ2n) is 3.23. The molecule has 0 fully saturated rings. The molecule has 17 heavy (non-hydrogen) atoms. The first-order valence-corrected chi connectivity index (χ1v) is 7.87. The summed E-state index contributed by atoms with van der Waals surface area (Å²) in [5.41, 5.74) is -0.279. The van der Waals surface area contributed by atoms with E-state index in [0.29, 0.717) is 0 Å². The number of halogens is 3. The summed E-state index contributed by atoms with van der Waals surface area (Å²) in [6, 6.07) is 5.22. The van der Waals surface area contributed by atoms with E-state index < -0.39 is 24.0 Å². The van der Waals surface area contributed by atoms with E-state index in [-0.39, 0.29) is 11.3 Å². The first kappa shape index (κ1) is 14.8. The van der Waals surface area contributed by atoms with Crippen molar-refractivity contribution in [3.05, 3.63) is 35.6 Å². The van der Waals surface area contributed by atoms with Crippen LogP contribution in [0.1, 0.15) is 17.3 Å². The number of hydrogen-bond donors (Lipinski definition) is 0. The summed E-state index contributed by atoms with van der Waals surface area (Å²) in [5, 5.41) is 0. The quantitative estimate of drug-likeness (QED) is 0.589. The van der Waals surface area contributed by atoms with Gasteiger partial charge < -0.3 is 0 Å². The molecule has 0 saturated carbocycles. The van der Waals surface area contributed by atoms with Crippen molar-refractivity contribution in [1.29, 1.82) is 0 Å². The Labute approximate surface area is 116 Å². The van der Waals surface area contributed by atoms with Crippen molar-refractivity contribution < 1.29 is 17.6 Å². The molecule has 3 nitrogen and oxygen atoms in total. The minimum Gasteiger partial charge on any atom is -0.290 e. The van der Waals surface area contributed by atoms with Gasteiger partial charge >= 0.3 is 0 Å². The van der Waals surface area contributed by atoms with E-state index in [1.807, 2.05) is 0 Å². The van der Waals surface area contributed by atoms with E-state index in [4.69, 9.17) is 0 Å². The van der Waals surface area contributed by atoms with Gasteiger partial charge in [0.1, 0.15) is 5.82 Å². The third kappa shape index (κ3) is 2.77. The molecule has 0 aliphatic carbocycles. The number of hydrogen-bond acceptors (Lipinski definition) is 3. The average molecular weight is 388 g/mol. The van der Waals surface area contributed by atoms with E-state index in [1.54, 1.807) is 0 Å². The van der Waals surface area contributed by atoms with Gasteiger partial charge in [-0.2, -0.15) is 0 Å². The Morgan fingerprint density at radius 3 is 2.35 bits per heavy atom. The molecule has 0 aromatic heterocycles. The lowest BCUT2D eigenvalue weighted by atomic mass is 10.1. The highest BCUT2D eigenvalue weighted by Crippen LogP contribution is 2.37. The van der Waals surface area contributed by atoms with Gasteiger partial charge in [-0.1, -0.05) is 19.1 Å². The SMILES string of the molecule is CCS(=O)(=O)C(Br)(Br)C(=O)c1ccccc1F. The zero-order chi connectivity index (χ0) is 13.3. The number of carbonyl (C=O) groups excluding carboxylic acids is 1. The Morgan fingerprint density at radius 2 is 1.88 bits per heavy atom. The molecule has 1 aromatic rings. The third-order valence-corrected chi connectivity index (χ3v) is 7.56. The van der Waals surface area contributed by atoms with Crippen LogP contribution in [-0.2, 0) is 9.84 Å². The lowest BCUT2D eigenvalue weighted by molar-refractivity contribution is 0.1000. The van der Waals surface area contributed by atoms with E-state index >= 15 is 0 Å². The molecule has 0 atom stereocenters. The average Bonchev–Trinajstić information content (AvgIpc) is 2.28. The van der Waals surface area contributed by atoms with Gasteiger partial charge in [-0.25, -0.2) is 12.8 Å². The minimum atomic E-state index is -3.74. The lowest BCUT2D eigenvalue weighted by Crippen LogP contribution is -2.36. The van der Waals surface area contributed by atoms with E-state index in [0.717, 1.165) is 6.07 Å². The van der Waals surface area contributed by atoms with Crippen molar-refractivity contribution in [1.82, 2.24) is 0 Å². The molecule has 0 amide bonds. The van der Waals surface area contributed by atoms with Crippen LogP contribution in [0.25, 0.3) is 0 Å². The monoisotopic (exact) mass is 386 g/mol. The fourth-order valence-electron chi connectivity index (χ4n) is 1.12. The number of benzene rings is 1. The molecule has 0 radical (unpaired) electrons. The summed E-state index contributed by atoms with van der Waals surface area (Å²) in [4.78, 5) is 12.0. The van der Waals surface area contributed by atoms with E-state index in [2.05, 4.69) is 31.9 Å². The maximum Gasteiger partial charge on any atom is 0.243 e. The Balaban J connectivity index is 3.28. The van der Waals surface area contributed by atoms with Gasteiger partial charge in [0.05, 0.1) is 11.3 Å². The normalized spacial score (nSPS) is 12.5. The van der Waals surface area contributed by atoms with Crippen LogP contribution < -0.4 is 0 Å². The summed E-state index contributed by atoms with van der Waals surface area (Å²) in [6.07, 6.45) is 0. The Kier molecular flexibility index (Phi) is 4.49. The molecule has 94 valence electrons. The molecule has 7 heteroatoms. The number of rotatable bonds is 4. The van der Waals surface area contributed by atoms with Crippen LogP contribution in [0.4, 0.5) is 4.39 Å². The smallest absolute Gasteiger partial charge is 0.243 e. The van der Waals surface area contributed by atoms with Crippen LogP contribution in [0.15, 0.2) is 24.3 Å². The second kappa shape index (κ2) is 5.16. The van der Waals surface area contributed by atoms with Gasteiger partial charge in [-0.3, -0.25) is 4.79 Å². The number of Topliss-reactive ketones (excluding diaryl/α,β-unsaturated/α-hetero) is 1. The van der Waals surface area contributed by atoms with E-state index in [1.165, 1.54) is 25.1 Å². The van der Waals surface area contributed by atoms with Gasteiger partial charge in [0.2, 0.25) is 8.35 Å². The largest absolute Gasteiger partial charge is 0.290 e. The molecule has 0 spiro atoms. The zero-order valence-electron chi connectivity index (χ0n) is 8.78. The van der Waals surface area contributed by atoms with Crippen molar-refractivity contribution in [3.63, 3.8) is 0 Å². The Hall–Kier alpha value is -0.270. The molecule has 0 unspecified atom stereocenters. The topological polar surface area (TPSA) is 51.2 Å². The van der Waals surface area contributed by atoms with Crippen LogP contribution >= 0.6 is 31.9 Å².